The summed E-state index contributed by atoms with van der Waals surface area (Å²) in [5.74, 6) is -1.07. The van der Waals surface area contributed by atoms with E-state index in [0.717, 1.165) is 0 Å². The minimum absolute atomic E-state index is 0.169. The molecule has 0 spiro atoms. The topological polar surface area (TPSA) is 63.6 Å². The first kappa shape index (κ1) is 8.91. The Bertz CT molecular complexity index is 673. The second-order valence-corrected chi connectivity index (χ2v) is 3.65. The van der Waals surface area contributed by atoms with E-state index in [1.165, 1.54) is 6.07 Å². The van der Waals surface area contributed by atoms with Crippen LogP contribution in [-0.2, 0) is 0 Å². The molecule has 76 valence electrons. The highest BCUT2D eigenvalue weighted by Crippen LogP contribution is 2.34. The highest BCUT2D eigenvalue weighted by molar-refractivity contribution is 6.57. The Morgan fingerprint density at radius 3 is 2.44 bits per heavy atom. The van der Waals surface area contributed by atoms with Crippen molar-refractivity contribution in [3.63, 3.8) is 0 Å². The van der Waals surface area contributed by atoms with Gasteiger partial charge in [0.25, 0.3) is 0 Å². The molecule has 0 aliphatic heterocycles. The number of nitrogens with zero attached hydrogens (tertiary/aromatic N) is 1. The first-order valence-corrected chi connectivity index (χ1v) is 4.71. The maximum Gasteiger partial charge on any atom is 0.234 e. The van der Waals surface area contributed by atoms with Crippen molar-refractivity contribution in [1.82, 2.24) is 0 Å². The number of hydrogen-bond donors (Lipinski definition) is 0. The average molecular weight is 211 g/mol. The average Bonchev–Trinajstić information content (AvgIpc) is 2.56. The lowest BCUT2D eigenvalue weighted by Gasteiger charge is -1.99. The van der Waals surface area contributed by atoms with Crippen molar-refractivity contribution in [3.05, 3.63) is 46.4 Å². The van der Waals surface area contributed by atoms with Crippen molar-refractivity contribution in [3.8, 4) is 0 Å². The van der Waals surface area contributed by atoms with Gasteiger partial charge in [0.2, 0.25) is 11.6 Å². The summed E-state index contributed by atoms with van der Waals surface area (Å²) >= 11 is 0. The molecule has 3 rings (SSSR count). The Kier molecular flexibility index (Phi) is 1.57. The summed E-state index contributed by atoms with van der Waals surface area (Å²) in [6, 6.07) is 8.00. The van der Waals surface area contributed by atoms with Crippen molar-refractivity contribution in [2.24, 2.45) is 5.18 Å². The zero-order valence-corrected chi connectivity index (χ0v) is 8.06. The first-order valence-electron chi connectivity index (χ1n) is 4.71. The maximum absolute atomic E-state index is 11.7. The summed E-state index contributed by atoms with van der Waals surface area (Å²) in [6.45, 7) is 0. The minimum atomic E-state index is -0.559. The molecular weight excluding hydrogens is 206 g/mol. The molecular formula is C12H5NO3. The molecule has 0 amide bonds. The summed E-state index contributed by atoms with van der Waals surface area (Å²) < 4.78 is 0. The quantitative estimate of drug-likeness (QED) is 0.538. The van der Waals surface area contributed by atoms with Gasteiger partial charge in [-0.15, -0.1) is 4.91 Å². The number of hydrogen-bond acceptors (Lipinski definition) is 4. The van der Waals surface area contributed by atoms with E-state index < -0.39 is 11.6 Å². The molecule has 4 nitrogen and oxygen atoms in total. The summed E-state index contributed by atoms with van der Waals surface area (Å²) in [7, 11) is 0. The van der Waals surface area contributed by atoms with Crippen LogP contribution in [0.1, 0.15) is 20.7 Å². The molecule has 0 radical (unpaired) electrons. The van der Waals surface area contributed by atoms with Gasteiger partial charge < -0.3 is 0 Å². The lowest BCUT2D eigenvalue weighted by Crippen LogP contribution is -2.05. The van der Waals surface area contributed by atoms with Gasteiger partial charge in [0.1, 0.15) is 5.69 Å². The third kappa shape index (κ3) is 0.930. The van der Waals surface area contributed by atoms with Gasteiger partial charge in [-0.2, -0.15) is 0 Å². The number of carbonyl (C=O) groups excluding carboxylic acids is 2. The van der Waals surface area contributed by atoms with Crippen LogP contribution in [0.4, 0.5) is 5.69 Å². The van der Waals surface area contributed by atoms with Crippen LogP contribution in [0.15, 0.2) is 35.5 Å². The molecule has 0 unspecified atom stereocenters. The van der Waals surface area contributed by atoms with Crippen LogP contribution in [0, 0.1) is 4.91 Å². The van der Waals surface area contributed by atoms with Crippen LogP contribution in [0.3, 0.4) is 0 Å². The molecule has 0 atom stereocenters. The molecule has 1 aliphatic rings. The van der Waals surface area contributed by atoms with Crippen LogP contribution in [0.2, 0.25) is 0 Å². The fourth-order valence-electron chi connectivity index (χ4n) is 2.08. The van der Waals surface area contributed by atoms with Gasteiger partial charge in [0.05, 0.1) is 0 Å². The standard InChI is InChI=1S/C12H5NO3/c14-11-8-3-1-2-6-4-7(13-16)5-9(10(6)8)12(11)15/h1-5H. The summed E-state index contributed by atoms with van der Waals surface area (Å²) in [6.07, 6.45) is 0. The molecule has 0 saturated carbocycles. The van der Waals surface area contributed by atoms with E-state index in [-0.39, 0.29) is 11.3 Å². The monoisotopic (exact) mass is 211 g/mol. The Morgan fingerprint density at radius 1 is 0.938 bits per heavy atom. The Labute approximate surface area is 89.9 Å². The van der Waals surface area contributed by atoms with Crippen molar-refractivity contribution in [2.45, 2.75) is 0 Å². The van der Waals surface area contributed by atoms with Crippen LogP contribution in [0.25, 0.3) is 10.8 Å². The smallest absolute Gasteiger partial charge is 0.234 e. The maximum atomic E-state index is 11.7. The number of rotatable bonds is 1. The number of benzene rings is 2. The molecule has 0 bridgehead atoms. The highest BCUT2D eigenvalue weighted by atomic mass is 16.3. The zero-order valence-electron chi connectivity index (χ0n) is 8.06. The van der Waals surface area contributed by atoms with Gasteiger partial charge >= 0.3 is 0 Å². The number of Topliss-reactive ketones (excluding diaryl/α,β-unsaturated/α-hetero) is 2. The zero-order chi connectivity index (χ0) is 11.3. The van der Waals surface area contributed by atoms with E-state index in [1.807, 2.05) is 0 Å². The van der Waals surface area contributed by atoms with Gasteiger partial charge in [-0.3, -0.25) is 9.59 Å². The van der Waals surface area contributed by atoms with E-state index in [0.29, 0.717) is 16.3 Å². The molecule has 0 N–H and O–H groups in total. The van der Waals surface area contributed by atoms with Crippen LogP contribution in [-0.4, -0.2) is 11.6 Å². The number of carbonyl (C=O) groups is 2. The molecule has 0 saturated heterocycles. The molecule has 0 fully saturated rings. The summed E-state index contributed by atoms with van der Waals surface area (Å²) in [4.78, 5) is 33.7. The normalized spacial score (nSPS) is 13.5. The Hall–Kier alpha value is -2.36. The van der Waals surface area contributed by atoms with Crippen molar-refractivity contribution >= 4 is 28.0 Å². The van der Waals surface area contributed by atoms with Crippen LogP contribution >= 0.6 is 0 Å². The fourth-order valence-corrected chi connectivity index (χ4v) is 2.08. The molecule has 1 aliphatic carbocycles. The molecule has 16 heavy (non-hydrogen) atoms. The van der Waals surface area contributed by atoms with Crippen LogP contribution in [0.5, 0.6) is 0 Å². The lowest BCUT2D eigenvalue weighted by atomic mass is 10.0. The highest BCUT2D eigenvalue weighted by Gasteiger charge is 2.30. The fraction of sp³-hybridized carbons (Fsp3) is 0. The predicted molar refractivity (Wildman–Crippen MR) is 58.1 cm³/mol. The van der Waals surface area contributed by atoms with E-state index in [1.54, 1.807) is 24.3 Å². The van der Waals surface area contributed by atoms with Gasteiger partial charge in [0, 0.05) is 16.5 Å². The Balaban J connectivity index is 2.55. The van der Waals surface area contributed by atoms with Crippen molar-refractivity contribution < 1.29 is 9.59 Å². The van der Waals surface area contributed by atoms with Crippen molar-refractivity contribution in [2.75, 3.05) is 0 Å². The van der Waals surface area contributed by atoms with Crippen LogP contribution < -0.4 is 0 Å². The second-order valence-electron chi connectivity index (χ2n) is 3.65. The van der Waals surface area contributed by atoms with E-state index in [9.17, 15) is 14.5 Å². The molecule has 0 aromatic heterocycles. The second kappa shape index (κ2) is 2.82. The molecule has 2 aromatic rings. The molecule has 4 heteroatoms. The largest absolute Gasteiger partial charge is 0.285 e. The first-order chi connectivity index (χ1) is 7.72. The SMILES string of the molecule is O=Nc1cc2c3c(cccc3c1)C(=O)C2=O. The number of ketones is 2. The lowest BCUT2D eigenvalue weighted by molar-refractivity contribution is 0.0825. The van der Waals surface area contributed by atoms with E-state index >= 15 is 0 Å². The van der Waals surface area contributed by atoms with E-state index in [4.69, 9.17) is 0 Å². The van der Waals surface area contributed by atoms with E-state index in [2.05, 4.69) is 5.18 Å². The van der Waals surface area contributed by atoms with Gasteiger partial charge in [-0.25, -0.2) is 0 Å². The third-order valence-electron chi connectivity index (χ3n) is 2.76. The minimum Gasteiger partial charge on any atom is -0.285 e. The number of nitroso groups, excluding NO2 is 1. The van der Waals surface area contributed by atoms with Gasteiger partial charge in [-0.05, 0) is 22.7 Å². The predicted octanol–water partition coefficient (Wildman–Crippen LogP) is 2.62. The molecule has 0 heterocycles. The summed E-state index contributed by atoms with van der Waals surface area (Å²) in [5.41, 5.74) is 0.866. The van der Waals surface area contributed by atoms with Gasteiger partial charge in [-0.1, -0.05) is 18.2 Å². The Morgan fingerprint density at radius 2 is 1.69 bits per heavy atom. The third-order valence-corrected chi connectivity index (χ3v) is 2.76. The molecule has 2 aromatic carbocycles. The van der Waals surface area contributed by atoms with Gasteiger partial charge in [0.15, 0.2) is 0 Å². The summed E-state index contributed by atoms with van der Waals surface area (Å²) in [5, 5.41) is 4.13. The van der Waals surface area contributed by atoms with Crippen molar-refractivity contribution in [1.29, 1.82) is 0 Å².